The van der Waals surface area contributed by atoms with Gasteiger partial charge in [-0.3, -0.25) is 0 Å². The third kappa shape index (κ3) is 4.63. The standard InChI is InChI=1S/C20H22BrN3O/c1-16-5-4-7-18(15-16)23-11-13-24(14-12-23)20(25)22-10-9-17-6-2-3-8-19(17)21/h2-10,15H,11-14H2,1H3,(H,22,25)/b10-9+. The fraction of sp³-hybridized carbons (Fsp3) is 0.250. The SMILES string of the molecule is Cc1cccc(N2CCN(C(=O)N/C=C/c3ccccc3Br)CC2)c1. The molecule has 130 valence electrons. The van der Waals surface area contributed by atoms with Gasteiger partial charge in [-0.05, 0) is 42.3 Å². The van der Waals surface area contributed by atoms with Crippen molar-refractivity contribution >= 4 is 33.7 Å². The summed E-state index contributed by atoms with van der Waals surface area (Å²) in [6, 6.07) is 16.4. The molecule has 0 saturated carbocycles. The average molecular weight is 400 g/mol. The Morgan fingerprint density at radius 1 is 1.08 bits per heavy atom. The van der Waals surface area contributed by atoms with Crippen molar-refractivity contribution < 1.29 is 4.79 Å². The van der Waals surface area contributed by atoms with E-state index in [4.69, 9.17) is 0 Å². The molecule has 1 aliphatic heterocycles. The summed E-state index contributed by atoms with van der Waals surface area (Å²) < 4.78 is 1.01. The maximum absolute atomic E-state index is 12.3. The lowest BCUT2D eigenvalue weighted by molar-refractivity contribution is 0.198. The van der Waals surface area contributed by atoms with Gasteiger partial charge in [-0.1, -0.05) is 46.3 Å². The number of anilines is 1. The van der Waals surface area contributed by atoms with Crippen molar-refractivity contribution in [1.29, 1.82) is 0 Å². The number of nitrogens with one attached hydrogen (secondary N) is 1. The van der Waals surface area contributed by atoms with Gasteiger partial charge < -0.3 is 15.1 Å². The molecule has 1 fully saturated rings. The Kier molecular flexibility index (Phi) is 5.76. The van der Waals surface area contributed by atoms with Gasteiger partial charge in [0.05, 0.1) is 0 Å². The molecule has 0 aliphatic carbocycles. The molecule has 1 aliphatic rings. The van der Waals surface area contributed by atoms with E-state index < -0.39 is 0 Å². The molecule has 4 nitrogen and oxygen atoms in total. The van der Waals surface area contributed by atoms with Crippen LogP contribution in [0.3, 0.4) is 0 Å². The predicted molar refractivity (Wildman–Crippen MR) is 107 cm³/mol. The lowest BCUT2D eigenvalue weighted by atomic mass is 10.2. The van der Waals surface area contributed by atoms with Crippen LogP contribution >= 0.6 is 15.9 Å². The molecular weight excluding hydrogens is 378 g/mol. The van der Waals surface area contributed by atoms with E-state index in [-0.39, 0.29) is 6.03 Å². The normalized spacial score (nSPS) is 14.8. The number of halogens is 1. The molecule has 25 heavy (non-hydrogen) atoms. The van der Waals surface area contributed by atoms with Crippen LogP contribution in [0.1, 0.15) is 11.1 Å². The summed E-state index contributed by atoms with van der Waals surface area (Å²) in [5.41, 5.74) is 3.52. The van der Waals surface area contributed by atoms with Crippen molar-refractivity contribution in [3.63, 3.8) is 0 Å². The number of amides is 2. The van der Waals surface area contributed by atoms with Gasteiger partial charge in [0.25, 0.3) is 0 Å². The van der Waals surface area contributed by atoms with E-state index in [0.29, 0.717) is 0 Å². The fourth-order valence-electron chi connectivity index (χ4n) is 2.90. The number of hydrogen-bond donors (Lipinski definition) is 1. The highest BCUT2D eigenvalue weighted by Gasteiger charge is 2.20. The summed E-state index contributed by atoms with van der Waals surface area (Å²) in [7, 11) is 0. The minimum Gasteiger partial charge on any atom is -0.368 e. The molecule has 1 N–H and O–H groups in total. The fourth-order valence-corrected chi connectivity index (χ4v) is 3.31. The van der Waals surface area contributed by atoms with E-state index in [1.807, 2.05) is 35.2 Å². The lowest BCUT2D eigenvalue weighted by Gasteiger charge is -2.36. The second-order valence-electron chi connectivity index (χ2n) is 6.12. The zero-order valence-corrected chi connectivity index (χ0v) is 15.9. The number of benzene rings is 2. The van der Waals surface area contributed by atoms with Crippen LogP contribution in [0.25, 0.3) is 6.08 Å². The van der Waals surface area contributed by atoms with Crippen molar-refractivity contribution in [2.45, 2.75) is 6.92 Å². The molecule has 2 aromatic rings. The Balaban J connectivity index is 1.51. The van der Waals surface area contributed by atoms with E-state index in [2.05, 4.69) is 57.3 Å². The van der Waals surface area contributed by atoms with Gasteiger partial charge in [0.15, 0.2) is 0 Å². The number of piperazine rings is 1. The summed E-state index contributed by atoms with van der Waals surface area (Å²) in [5, 5.41) is 2.86. The van der Waals surface area contributed by atoms with Gasteiger partial charge in [0.1, 0.15) is 0 Å². The summed E-state index contributed by atoms with van der Waals surface area (Å²) in [5.74, 6) is 0. The monoisotopic (exact) mass is 399 g/mol. The summed E-state index contributed by atoms with van der Waals surface area (Å²) in [6.45, 7) is 5.26. The molecule has 0 atom stereocenters. The van der Waals surface area contributed by atoms with Crippen LogP contribution in [0.4, 0.5) is 10.5 Å². The minimum absolute atomic E-state index is 0.0489. The molecule has 2 amide bonds. The first-order valence-corrected chi connectivity index (χ1v) is 9.21. The quantitative estimate of drug-likeness (QED) is 0.836. The Hall–Kier alpha value is -2.27. The number of rotatable bonds is 3. The smallest absolute Gasteiger partial charge is 0.321 e. The summed E-state index contributed by atoms with van der Waals surface area (Å²) in [4.78, 5) is 16.5. The van der Waals surface area contributed by atoms with Gasteiger partial charge in [0.2, 0.25) is 0 Å². The average Bonchev–Trinajstić information content (AvgIpc) is 2.63. The van der Waals surface area contributed by atoms with Gasteiger partial charge >= 0.3 is 6.03 Å². The Morgan fingerprint density at radius 3 is 2.56 bits per heavy atom. The Labute approximate surface area is 157 Å². The molecule has 0 radical (unpaired) electrons. The summed E-state index contributed by atoms with van der Waals surface area (Å²) >= 11 is 3.49. The number of carbonyl (C=O) groups excluding carboxylic acids is 1. The van der Waals surface area contributed by atoms with Gasteiger partial charge in [-0.15, -0.1) is 0 Å². The van der Waals surface area contributed by atoms with Crippen LogP contribution in [0.15, 0.2) is 59.2 Å². The highest BCUT2D eigenvalue weighted by Crippen LogP contribution is 2.18. The third-order valence-corrected chi connectivity index (χ3v) is 5.03. The molecular formula is C20H22BrN3O. The number of carbonyl (C=O) groups is 1. The maximum atomic E-state index is 12.3. The van der Waals surface area contributed by atoms with Crippen LogP contribution in [-0.4, -0.2) is 37.1 Å². The highest BCUT2D eigenvalue weighted by atomic mass is 79.9. The van der Waals surface area contributed by atoms with Crippen LogP contribution in [-0.2, 0) is 0 Å². The summed E-state index contributed by atoms with van der Waals surface area (Å²) in [6.07, 6.45) is 3.60. The molecule has 0 bridgehead atoms. The predicted octanol–water partition coefficient (Wildman–Crippen LogP) is 4.26. The van der Waals surface area contributed by atoms with E-state index in [9.17, 15) is 4.79 Å². The zero-order valence-electron chi connectivity index (χ0n) is 14.3. The second-order valence-corrected chi connectivity index (χ2v) is 6.97. The van der Waals surface area contributed by atoms with E-state index in [1.54, 1.807) is 6.20 Å². The number of aryl methyl sites for hydroxylation is 1. The van der Waals surface area contributed by atoms with E-state index >= 15 is 0 Å². The number of urea groups is 1. The second kappa shape index (κ2) is 8.21. The van der Waals surface area contributed by atoms with Crippen molar-refractivity contribution in [2.75, 3.05) is 31.1 Å². The first-order valence-electron chi connectivity index (χ1n) is 8.41. The number of hydrogen-bond acceptors (Lipinski definition) is 2. The molecule has 0 spiro atoms. The van der Waals surface area contributed by atoms with Crippen LogP contribution in [0, 0.1) is 6.92 Å². The minimum atomic E-state index is -0.0489. The van der Waals surface area contributed by atoms with Crippen LogP contribution in [0.5, 0.6) is 0 Å². The zero-order chi connectivity index (χ0) is 17.6. The molecule has 3 rings (SSSR count). The van der Waals surface area contributed by atoms with Crippen molar-refractivity contribution in [1.82, 2.24) is 10.2 Å². The largest absolute Gasteiger partial charge is 0.368 e. The molecule has 5 heteroatoms. The van der Waals surface area contributed by atoms with Crippen molar-refractivity contribution in [3.05, 3.63) is 70.3 Å². The van der Waals surface area contributed by atoms with Crippen molar-refractivity contribution in [2.24, 2.45) is 0 Å². The van der Waals surface area contributed by atoms with Crippen molar-refractivity contribution in [3.8, 4) is 0 Å². The first kappa shape index (κ1) is 17.5. The molecule has 0 aromatic heterocycles. The lowest BCUT2D eigenvalue weighted by Crippen LogP contribution is -2.51. The topological polar surface area (TPSA) is 35.6 Å². The molecule has 2 aromatic carbocycles. The van der Waals surface area contributed by atoms with Crippen LogP contribution < -0.4 is 10.2 Å². The first-order chi connectivity index (χ1) is 12.1. The number of nitrogens with zero attached hydrogens (tertiary/aromatic N) is 2. The molecule has 0 unspecified atom stereocenters. The Morgan fingerprint density at radius 2 is 1.84 bits per heavy atom. The molecule has 1 saturated heterocycles. The molecule has 1 heterocycles. The maximum Gasteiger partial charge on any atom is 0.321 e. The third-order valence-electron chi connectivity index (χ3n) is 4.31. The van der Waals surface area contributed by atoms with E-state index in [1.165, 1.54) is 11.3 Å². The van der Waals surface area contributed by atoms with E-state index in [0.717, 1.165) is 36.2 Å². The van der Waals surface area contributed by atoms with Gasteiger partial charge in [0, 0.05) is 42.5 Å². The van der Waals surface area contributed by atoms with Gasteiger partial charge in [-0.25, -0.2) is 4.79 Å². The highest BCUT2D eigenvalue weighted by molar-refractivity contribution is 9.10. The van der Waals surface area contributed by atoms with Crippen LogP contribution in [0.2, 0.25) is 0 Å². The van der Waals surface area contributed by atoms with Gasteiger partial charge in [-0.2, -0.15) is 0 Å². The Bertz CT molecular complexity index is 767.